The van der Waals surface area contributed by atoms with Crippen molar-refractivity contribution in [3.63, 3.8) is 0 Å². The Bertz CT molecular complexity index is 1210. The number of anilines is 1. The van der Waals surface area contributed by atoms with Crippen LogP contribution in [0, 0.1) is 0 Å². The summed E-state index contributed by atoms with van der Waals surface area (Å²) in [5.41, 5.74) is 12.2. The average Bonchev–Trinajstić information content (AvgIpc) is 2.94. The maximum Gasteiger partial charge on any atom is 0.185 e. The number of aliphatic hydroxyl groups is 1. The van der Waals surface area contributed by atoms with Crippen LogP contribution >= 0.6 is 0 Å². The molecule has 0 aromatic heterocycles. The molecule has 0 saturated carbocycles. The fraction of sp³-hybridized carbons (Fsp3) is 0.250. The van der Waals surface area contributed by atoms with E-state index in [0.29, 0.717) is 5.69 Å². The molecule has 0 radical (unpaired) electrons. The van der Waals surface area contributed by atoms with Crippen LogP contribution in [0.1, 0.15) is 46.6 Å². The predicted octanol–water partition coefficient (Wildman–Crippen LogP) is 6.01. The molecule has 190 valence electrons. The van der Waals surface area contributed by atoms with E-state index >= 15 is 0 Å². The number of rotatable bonds is 9. The molecular weight excluding hydrogens is 460 g/mol. The second kappa shape index (κ2) is 12.2. The van der Waals surface area contributed by atoms with Crippen LogP contribution in [0.25, 0.3) is 0 Å². The molecular formula is C32H34N2O3. The van der Waals surface area contributed by atoms with Gasteiger partial charge in [-0.1, -0.05) is 97.1 Å². The molecule has 0 amide bonds. The zero-order valence-corrected chi connectivity index (χ0v) is 20.9. The van der Waals surface area contributed by atoms with E-state index in [1.165, 1.54) is 11.1 Å². The minimum Gasteiger partial charge on any atom is -0.399 e. The average molecular weight is 495 g/mol. The van der Waals surface area contributed by atoms with Crippen molar-refractivity contribution in [1.82, 2.24) is 4.90 Å². The molecule has 1 aliphatic heterocycles. The standard InChI is InChI=1S/C32H34N2O3/c33-29-13-7-12-28(18-29)32-36-30(19-31(37-32)27-16-14-26(23-35)15-17-27)22-34(20-24-8-3-1-4-9-24)21-25-10-5-2-6-11-25/h1-18,30-32,35H,19-23,33H2. The van der Waals surface area contributed by atoms with E-state index in [0.717, 1.165) is 42.7 Å². The predicted molar refractivity (Wildman–Crippen MR) is 146 cm³/mol. The summed E-state index contributed by atoms with van der Waals surface area (Å²) in [4.78, 5) is 2.45. The number of nitrogens with two attached hydrogens (primary N) is 1. The van der Waals surface area contributed by atoms with Crippen LogP contribution < -0.4 is 5.73 Å². The molecule has 3 atom stereocenters. The highest BCUT2D eigenvalue weighted by atomic mass is 16.7. The fourth-order valence-corrected chi connectivity index (χ4v) is 4.89. The first-order valence-corrected chi connectivity index (χ1v) is 12.8. The van der Waals surface area contributed by atoms with E-state index in [1.54, 1.807) is 0 Å². The highest BCUT2D eigenvalue weighted by Gasteiger charge is 2.33. The van der Waals surface area contributed by atoms with E-state index in [9.17, 15) is 5.11 Å². The van der Waals surface area contributed by atoms with Crippen molar-refractivity contribution >= 4 is 5.69 Å². The van der Waals surface area contributed by atoms with E-state index in [2.05, 4.69) is 65.6 Å². The second-order valence-electron chi connectivity index (χ2n) is 9.66. The van der Waals surface area contributed by atoms with Gasteiger partial charge in [0.25, 0.3) is 0 Å². The highest BCUT2D eigenvalue weighted by molar-refractivity contribution is 5.41. The van der Waals surface area contributed by atoms with Gasteiger partial charge < -0.3 is 20.3 Å². The Morgan fingerprint density at radius 3 is 1.95 bits per heavy atom. The first-order valence-electron chi connectivity index (χ1n) is 12.8. The molecule has 1 heterocycles. The number of hydrogen-bond donors (Lipinski definition) is 2. The van der Waals surface area contributed by atoms with Gasteiger partial charge in [-0.15, -0.1) is 0 Å². The van der Waals surface area contributed by atoms with Crippen LogP contribution in [-0.4, -0.2) is 22.7 Å². The third-order valence-electron chi connectivity index (χ3n) is 6.76. The molecule has 1 aliphatic rings. The van der Waals surface area contributed by atoms with Gasteiger partial charge >= 0.3 is 0 Å². The van der Waals surface area contributed by atoms with Gasteiger partial charge in [-0.3, -0.25) is 4.90 Å². The van der Waals surface area contributed by atoms with Crippen LogP contribution in [-0.2, 0) is 29.2 Å². The number of benzene rings is 4. The van der Waals surface area contributed by atoms with Crippen LogP contribution in [0.15, 0.2) is 109 Å². The molecule has 0 aliphatic carbocycles. The molecule has 4 aromatic carbocycles. The summed E-state index contributed by atoms with van der Waals surface area (Å²) in [5.74, 6) is 0. The number of nitrogen functional groups attached to an aromatic ring is 1. The zero-order valence-electron chi connectivity index (χ0n) is 20.9. The molecule has 5 heteroatoms. The van der Waals surface area contributed by atoms with Gasteiger partial charge in [-0.2, -0.15) is 0 Å². The lowest BCUT2D eigenvalue weighted by Crippen LogP contribution is -2.39. The maximum absolute atomic E-state index is 9.47. The number of hydrogen-bond acceptors (Lipinski definition) is 5. The van der Waals surface area contributed by atoms with Gasteiger partial charge in [0.1, 0.15) is 0 Å². The molecule has 0 bridgehead atoms. The topological polar surface area (TPSA) is 68.0 Å². The SMILES string of the molecule is Nc1cccc(C2OC(CN(Cc3ccccc3)Cc3ccccc3)CC(c3ccc(CO)cc3)O2)c1. The Hall–Kier alpha value is -3.48. The Kier molecular flexibility index (Phi) is 8.28. The Labute approximate surface area is 219 Å². The minimum absolute atomic E-state index is 0.0252. The summed E-state index contributed by atoms with van der Waals surface area (Å²) in [7, 11) is 0. The van der Waals surface area contributed by atoms with Gasteiger partial charge in [0.15, 0.2) is 6.29 Å². The first-order chi connectivity index (χ1) is 18.2. The van der Waals surface area contributed by atoms with E-state index < -0.39 is 6.29 Å². The zero-order chi connectivity index (χ0) is 25.5. The fourth-order valence-electron chi connectivity index (χ4n) is 4.89. The first kappa shape index (κ1) is 25.2. The van der Waals surface area contributed by atoms with Gasteiger partial charge in [0, 0.05) is 37.3 Å². The number of nitrogens with zero attached hydrogens (tertiary/aromatic N) is 1. The smallest absolute Gasteiger partial charge is 0.185 e. The van der Waals surface area contributed by atoms with Gasteiger partial charge in [-0.05, 0) is 34.4 Å². The van der Waals surface area contributed by atoms with Crippen molar-refractivity contribution in [3.05, 3.63) is 137 Å². The molecule has 0 spiro atoms. The second-order valence-corrected chi connectivity index (χ2v) is 9.66. The molecule has 4 aromatic rings. The van der Waals surface area contributed by atoms with Crippen molar-refractivity contribution in [2.45, 2.75) is 44.6 Å². The molecule has 37 heavy (non-hydrogen) atoms. The van der Waals surface area contributed by atoms with Crippen molar-refractivity contribution in [2.24, 2.45) is 0 Å². The molecule has 1 saturated heterocycles. The Morgan fingerprint density at radius 1 is 0.703 bits per heavy atom. The van der Waals surface area contributed by atoms with Gasteiger partial charge in [0.05, 0.1) is 18.8 Å². The van der Waals surface area contributed by atoms with E-state index in [-0.39, 0.29) is 18.8 Å². The van der Waals surface area contributed by atoms with Crippen LogP contribution in [0.5, 0.6) is 0 Å². The summed E-state index contributed by atoms with van der Waals surface area (Å²) in [5, 5.41) is 9.47. The lowest BCUT2D eigenvalue weighted by atomic mass is 9.99. The van der Waals surface area contributed by atoms with Gasteiger partial charge in [0.2, 0.25) is 0 Å². The molecule has 5 rings (SSSR count). The van der Waals surface area contributed by atoms with Crippen molar-refractivity contribution in [1.29, 1.82) is 0 Å². The number of aliphatic hydroxyl groups excluding tert-OH is 1. The quantitative estimate of drug-likeness (QED) is 0.279. The molecule has 3 unspecified atom stereocenters. The van der Waals surface area contributed by atoms with Crippen LogP contribution in [0.4, 0.5) is 5.69 Å². The van der Waals surface area contributed by atoms with E-state index in [4.69, 9.17) is 15.2 Å². The van der Waals surface area contributed by atoms with E-state index in [1.807, 2.05) is 48.5 Å². The minimum atomic E-state index is -0.514. The normalized spacial score (nSPS) is 19.7. The lowest BCUT2D eigenvalue weighted by Gasteiger charge is -2.38. The van der Waals surface area contributed by atoms with Crippen LogP contribution in [0.2, 0.25) is 0 Å². The number of ether oxygens (including phenoxy) is 2. The Balaban J connectivity index is 1.40. The van der Waals surface area contributed by atoms with Crippen molar-refractivity contribution in [2.75, 3.05) is 12.3 Å². The molecule has 5 nitrogen and oxygen atoms in total. The van der Waals surface area contributed by atoms with Gasteiger partial charge in [-0.25, -0.2) is 0 Å². The third-order valence-corrected chi connectivity index (χ3v) is 6.76. The lowest BCUT2D eigenvalue weighted by molar-refractivity contribution is -0.253. The summed E-state index contributed by atoms with van der Waals surface area (Å²) in [6, 6.07) is 36.8. The van der Waals surface area contributed by atoms with Crippen LogP contribution in [0.3, 0.4) is 0 Å². The monoisotopic (exact) mass is 494 g/mol. The summed E-state index contributed by atoms with van der Waals surface area (Å²) in [6.45, 7) is 2.44. The molecule has 3 N–H and O–H groups in total. The highest BCUT2D eigenvalue weighted by Crippen LogP contribution is 2.38. The summed E-state index contributed by atoms with van der Waals surface area (Å²) in [6.07, 6.45) is 0.0422. The molecule has 1 fully saturated rings. The summed E-state index contributed by atoms with van der Waals surface area (Å²) >= 11 is 0. The van der Waals surface area contributed by atoms with Crippen molar-refractivity contribution in [3.8, 4) is 0 Å². The van der Waals surface area contributed by atoms with Crippen molar-refractivity contribution < 1.29 is 14.6 Å². The Morgan fingerprint density at radius 2 is 1.35 bits per heavy atom. The maximum atomic E-state index is 9.47. The summed E-state index contributed by atoms with van der Waals surface area (Å²) < 4.78 is 13.0. The largest absolute Gasteiger partial charge is 0.399 e. The third kappa shape index (κ3) is 6.85.